The number of allylic oxidation sites excluding steroid dienone is 6. The van der Waals surface area contributed by atoms with Crippen LogP contribution in [-0.4, -0.2) is 37.2 Å². The van der Waals surface area contributed by atoms with E-state index in [1.807, 2.05) is 0 Å². The van der Waals surface area contributed by atoms with Crippen molar-refractivity contribution in [2.45, 2.75) is 406 Å². The molecule has 0 bridgehead atoms. The van der Waals surface area contributed by atoms with Gasteiger partial charge in [0.25, 0.3) is 0 Å². The van der Waals surface area contributed by atoms with Crippen LogP contribution in [0.3, 0.4) is 0 Å². The van der Waals surface area contributed by atoms with Crippen LogP contribution in [0.25, 0.3) is 0 Å². The Hall–Kier alpha value is -2.37. The maximum atomic E-state index is 12.9. The van der Waals surface area contributed by atoms with Crippen molar-refractivity contribution in [3.63, 3.8) is 0 Å². The molecule has 0 aromatic carbocycles. The van der Waals surface area contributed by atoms with Crippen LogP contribution in [0.5, 0.6) is 0 Å². The maximum absolute atomic E-state index is 12.9. The highest BCUT2D eigenvalue weighted by atomic mass is 16.6. The lowest BCUT2D eigenvalue weighted by atomic mass is 10.0. The van der Waals surface area contributed by atoms with Crippen molar-refractivity contribution < 1.29 is 28.6 Å². The van der Waals surface area contributed by atoms with E-state index in [1.165, 1.54) is 276 Å². The lowest BCUT2D eigenvalue weighted by Gasteiger charge is -2.18. The number of rotatable bonds is 67. The summed E-state index contributed by atoms with van der Waals surface area (Å²) in [5, 5.41) is 0. The van der Waals surface area contributed by atoms with E-state index in [0.717, 1.165) is 83.5 Å². The molecule has 0 rings (SSSR count). The van der Waals surface area contributed by atoms with Crippen molar-refractivity contribution in [3.05, 3.63) is 36.5 Å². The number of hydrogen-bond donors (Lipinski definition) is 0. The number of carbonyl (C=O) groups is 3. The lowest BCUT2D eigenvalue weighted by Crippen LogP contribution is -2.30. The molecule has 0 spiro atoms. The van der Waals surface area contributed by atoms with Gasteiger partial charge in [0, 0.05) is 19.3 Å². The normalized spacial score (nSPS) is 12.2. The van der Waals surface area contributed by atoms with Gasteiger partial charge in [0.2, 0.25) is 0 Å². The molecule has 6 nitrogen and oxygen atoms in total. The third-order valence-corrected chi connectivity index (χ3v) is 16.4. The molecule has 0 heterocycles. The number of hydrogen-bond acceptors (Lipinski definition) is 6. The average molecular weight is 1120 g/mol. The van der Waals surface area contributed by atoms with E-state index in [4.69, 9.17) is 14.2 Å². The molecule has 1 atom stereocenters. The summed E-state index contributed by atoms with van der Waals surface area (Å²) in [6.45, 7) is 6.66. The smallest absolute Gasteiger partial charge is 0.306 e. The second kappa shape index (κ2) is 69.1. The van der Waals surface area contributed by atoms with E-state index < -0.39 is 6.10 Å². The predicted octanol–water partition coefficient (Wildman–Crippen LogP) is 24.7. The van der Waals surface area contributed by atoms with Gasteiger partial charge in [0.1, 0.15) is 13.2 Å². The third-order valence-electron chi connectivity index (χ3n) is 16.4. The molecule has 80 heavy (non-hydrogen) atoms. The first-order chi connectivity index (χ1) is 39.5. The Bertz CT molecular complexity index is 1340. The third kappa shape index (κ3) is 66.4. The van der Waals surface area contributed by atoms with E-state index >= 15 is 0 Å². The predicted molar refractivity (Wildman–Crippen MR) is 349 cm³/mol. The second-order valence-corrected chi connectivity index (χ2v) is 24.5. The van der Waals surface area contributed by atoms with Crippen LogP contribution >= 0.6 is 0 Å². The molecule has 0 aliphatic carbocycles. The van der Waals surface area contributed by atoms with E-state index in [2.05, 4.69) is 57.2 Å². The Kier molecular flexibility index (Phi) is 67.1. The van der Waals surface area contributed by atoms with Crippen LogP contribution in [0.15, 0.2) is 36.5 Å². The molecule has 0 aromatic rings. The van der Waals surface area contributed by atoms with Crippen LogP contribution in [0, 0.1) is 0 Å². The standard InChI is InChI=1S/C74H138O6/c1-4-7-10-13-16-19-22-25-28-30-31-32-33-34-35-36-37-38-39-40-41-42-43-44-47-49-52-55-58-61-64-67-73(76)79-70-71(69-78-72(75)66-63-60-57-54-51-48-45-27-24-21-18-15-12-9-6-3)80-74(77)68-65-62-59-56-53-50-46-29-26-23-20-17-14-11-8-5-2/h18,21,27,29,45-46,71H,4-17,19-20,22-26,28,30-44,47-70H2,1-3H3/b21-18-,45-27-,46-29-. The summed E-state index contributed by atoms with van der Waals surface area (Å²) in [5.74, 6) is -0.872. The van der Waals surface area contributed by atoms with Gasteiger partial charge in [0.05, 0.1) is 0 Å². The molecule has 0 radical (unpaired) electrons. The summed E-state index contributed by atoms with van der Waals surface area (Å²) in [5.41, 5.74) is 0. The van der Waals surface area contributed by atoms with Gasteiger partial charge >= 0.3 is 17.9 Å². The first-order valence-corrected chi connectivity index (χ1v) is 36.0. The van der Waals surface area contributed by atoms with Crippen LogP contribution in [0.1, 0.15) is 400 Å². The zero-order valence-electron chi connectivity index (χ0n) is 54.1. The summed E-state index contributed by atoms with van der Waals surface area (Å²) in [6.07, 6.45) is 86.2. The SMILES string of the molecule is CCCCC/C=C\C/C=C\CCCCCCCC(=O)OCC(COC(=O)CCCCCCCCCCCCCCCCCCCCCCCCCCCCCCCCC)OC(=O)CCCCCCC/C=C\CCCCCCCCC. The van der Waals surface area contributed by atoms with Crippen molar-refractivity contribution in [3.8, 4) is 0 Å². The molecule has 0 saturated carbocycles. The van der Waals surface area contributed by atoms with Crippen LogP contribution in [-0.2, 0) is 28.6 Å². The van der Waals surface area contributed by atoms with Gasteiger partial charge in [-0.2, -0.15) is 0 Å². The molecule has 0 saturated heterocycles. The molecular formula is C74H138O6. The molecule has 1 unspecified atom stereocenters. The van der Waals surface area contributed by atoms with Gasteiger partial charge in [-0.1, -0.05) is 340 Å². The Morgan fingerprint density at radius 2 is 0.450 bits per heavy atom. The van der Waals surface area contributed by atoms with Crippen molar-refractivity contribution in [1.82, 2.24) is 0 Å². The molecule has 470 valence electrons. The first-order valence-electron chi connectivity index (χ1n) is 36.0. The molecule has 0 aliphatic rings. The molecule has 0 aromatic heterocycles. The maximum Gasteiger partial charge on any atom is 0.306 e. The second-order valence-electron chi connectivity index (χ2n) is 24.5. The van der Waals surface area contributed by atoms with Gasteiger partial charge in [-0.25, -0.2) is 0 Å². The quantitative estimate of drug-likeness (QED) is 0.0261. The summed E-state index contributed by atoms with van der Waals surface area (Å²) in [4.78, 5) is 38.4. The number of carbonyl (C=O) groups excluding carboxylic acids is 3. The fourth-order valence-electron chi connectivity index (χ4n) is 10.9. The van der Waals surface area contributed by atoms with E-state index in [-0.39, 0.29) is 31.1 Å². The van der Waals surface area contributed by atoms with Crippen molar-refractivity contribution >= 4 is 17.9 Å². The molecule has 0 amide bonds. The van der Waals surface area contributed by atoms with Gasteiger partial charge in [-0.3, -0.25) is 14.4 Å². The number of ether oxygens (including phenoxy) is 3. The van der Waals surface area contributed by atoms with E-state index in [9.17, 15) is 14.4 Å². The van der Waals surface area contributed by atoms with Crippen LogP contribution in [0.4, 0.5) is 0 Å². The topological polar surface area (TPSA) is 78.9 Å². The minimum absolute atomic E-state index is 0.0758. The highest BCUT2D eigenvalue weighted by Gasteiger charge is 2.19. The van der Waals surface area contributed by atoms with Crippen LogP contribution in [0.2, 0.25) is 0 Å². The highest BCUT2D eigenvalue weighted by molar-refractivity contribution is 5.71. The van der Waals surface area contributed by atoms with Crippen molar-refractivity contribution in [1.29, 1.82) is 0 Å². The molecule has 0 N–H and O–H groups in total. The zero-order chi connectivity index (χ0) is 57.8. The molecule has 0 aliphatic heterocycles. The molecule has 0 fully saturated rings. The van der Waals surface area contributed by atoms with Gasteiger partial charge in [0.15, 0.2) is 6.10 Å². The minimum atomic E-state index is -0.781. The van der Waals surface area contributed by atoms with Crippen LogP contribution < -0.4 is 0 Å². The van der Waals surface area contributed by atoms with Gasteiger partial charge < -0.3 is 14.2 Å². The Morgan fingerprint density at radius 3 is 0.725 bits per heavy atom. The lowest BCUT2D eigenvalue weighted by molar-refractivity contribution is -0.167. The minimum Gasteiger partial charge on any atom is -0.462 e. The van der Waals surface area contributed by atoms with Gasteiger partial charge in [-0.15, -0.1) is 0 Å². The van der Waals surface area contributed by atoms with Crippen molar-refractivity contribution in [2.24, 2.45) is 0 Å². The van der Waals surface area contributed by atoms with E-state index in [1.54, 1.807) is 0 Å². The largest absolute Gasteiger partial charge is 0.462 e. The average Bonchev–Trinajstić information content (AvgIpc) is 3.46. The zero-order valence-corrected chi connectivity index (χ0v) is 54.1. The molecule has 6 heteroatoms. The first kappa shape index (κ1) is 77.6. The van der Waals surface area contributed by atoms with E-state index in [0.29, 0.717) is 19.3 Å². The number of esters is 3. The summed E-state index contributed by atoms with van der Waals surface area (Å²) < 4.78 is 17.0. The molecular weight excluding hydrogens is 985 g/mol. The summed E-state index contributed by atoms with van der Waals surface area (Å²) >= 11 is 0. The summed E-state index contributed by atoms with van der Waals surface area (Å²) in [6, 6.07) is 0. The monoisotopic (exact) mass is 1120 g/mol. The van der Waals surface area contributed by atoms with Crippen molar-refractivity contribution in [2.75, 3.05) is 13.2 Å². The Labute approximate surface area is 499 Å². The fraction of sp³-hybridized carbons (Fsp3) is 0.878. The number of unbranched alkanes of at least 4 members (excludes halogenated alkanes) is 50. The Balaban J connectivity index is 4.15. The summed E-state index contributed by atoms with van der Waals surface area (Å²) in [7, 11) is 0. The fourth-order valence-corrected chi connectivity index (χ4v) is 10.9. The Morgan fingerprint density at radius 1 is 0.250 bits per heavy atom. The van der Waals surface area contributed by atoms with Gasteiger partial charge in [-0.05, 0) is 77.0 Å². The highest BCUT2D eigenvalue weighted by Crippen LogP contribution is 2.19.